The van der Waals surface area contributed by atoms with Gasteiger partial charge in [-0.3, -0.25) is 0 Å². The number of allylic oxidation sites excluding steroid dienone is 11. The molecule has 0 N–H and O–H groups in total. The van der Waals surface area contributed by atoms with Crippen molar-refractivity contribution in [1.82, 2.24) is 0 Å². The van der Waals surface area contributed by atoms with Crippen molar-refractivity contribution in [1.29, 1.82) is 0 Å². The smallest absolute Gasteiger partial charge is 0.330 e. The molecule has 0 fully saturated rings. The second kappa shape index (κ2) is 16.8. The van der Waals surface area contributed by atoms with Crippen LogP contribution < -0.4 is 0 Å². The monoisotopic (exact) mass is 398 g/mol. The van der Waals surface area contributed by atoms with E-state index in [1.165, 1.54) is 34.8 Å². The minimum absolute atomic E-state index is 0.283. The second-order valence-corrected chi connectivity index (χ2v) is 8.01. The van der Waals surface area contributed by atoms with Gasteiger partial charge in [0.1, 0.15) is 0 Å². The van der Waals surface area contributed by atoms with Crippen LogP contribution in [-0.2, 0) is 9.53 Å². The largest absolute Gasteiger partial charge is 0.463 e. The minimum atomic E-state index is -0.283. The van der Waals surface area contributed by atoms with E-state index in [-0.39, 0.29) is 5.97 Å². The maximum atomic E-state index is 11.4. The van der Waals surface area contributed by atoms with Crippen LogP contribution in [0.4, 0.5) is 0 Å². The van der Waals surface area contributed by atoms with Crippen molar-refractivity contribution < 1.29 is 9.53 Å². The van der Waals surface area contributed by atoms with Gasteiger partial charge in [0.2, 0.25) is 0 Å². The molecule has 0 saturated heterocycles. The average molecular weight is 399 g/mol. The molecule has 0 saturated carbocycles. The summed E-state index contributed by atoms with van der Waals surface area (Å²) in [6.45, 7) is 15.1. The molecular weight excluding hydrogens is 356 g/mol. The standard InChI is InChI=1S/C27H42O2/c1-8-29-27(28)21-26(7)20-12-19-25(6)18-11-17-24(5)16-10-15-23(4)14-9-13-22(2)3/h12-13,15,17,19-21H,8-11,14,16,18H2,1-7H3. The summed E-state index contributed by atoms with van der Waals surface area (Å²) in [4.78, 5) is 11.4. The van der Waals surface area contributed by atoms with E-state index in [0.29, 0.717) is 6.61 Å². The summed E-state index contributed by atoms with van der Waals surface area (Å²) in [7, 11) is 0. The lowest BCUT2D eigenvalue weighted by molar-refractivity contribution is -0.137. The highest BCUT2D eigenvalue weighted by molar-refractivity contribution is 5.83. The van der Waals surface area contributed by atoms with Crippen molar-refractivity contribution >= 4 is 5.97 Å². The van der Waals surface area contributed by atoms with Crippen molar-refractivity contribution in [3.05, 3.63) is 70.4 Å². The Morgan fingerprint density at radius 3 is 1.79 bits per heavy atom. The Bertz CT molecular complexity index is 663. The molecule has 0 atom stereocenters. The SMILES string of the molecule is CCOC(=O)C=C(C)C=CC=C(C)CCC=C(C)CCC=C(C)CCC=C(C)C. The first kappa shape index (κ1) is 26.9. The van der Waals surface area contributed by atoms with Crippen LogP contribution in [0.25, 0.3) is 0 Å². The summed E-state index contributed by atoms with van der Waals surface area (Å²) < 4.78 is 4.91. The quantitative estimate of drug-likeness (QED) is 0.135. The van der Waals surface area contributed by atoms with Crippen LogP contribution >= 0.6 is 0 Å². The molecule has 0 spiro atoms. The van der Waals surface area contributed by atoms with E-state index < -0.39 is 0 Å². The summed E-state index contributed by atoms with van der Waals surface area (Å²) in [5.74, 6) is -0.283. The molecule has 0 heterocycles. The summed E-state index contributed by atoms with van der Waals surface area (Å²) in [6.07, 6.45) is 21.3. The Morgan fingerprint density at radius 1 is 0.759 bits per heavy atom. The van der Waals surface area contributed by atoms with Crippen molar-refractivity contribution in [2.45, 2.75) is 87.0 Å². The molecule has 0 aromatic rings. The molecule has 0 aliphatic rings. The molecule has 162 valence electrons. The van der Waals surface area contributed by atoms with Gasteiger partial charge in [0.25, 0.3) is 0 Å². The van der Waals surface area contributed by atoms with Crippen LogP contribution in [0.5, 0.6) is 0 Å². The normalized spacial score (nSPS) is 13.8. The molecule has 0 aromatic heterocycles. The average Bonchev–Trinajstić information content (AvgIpc) is 2.61. The summed E-state index contributed by atoms with van der Waals surface area (Å²) >= 11 is 0. The van der Waals surface area contributed by atoms with E-state index >= 15 is 0 Å². The summed E-state index contributed by atoms with van der Waals surface area (Å²) in [5.41, 5.74) is 6.60. The molecule has 0 aromatic carbocycles. The Hall–Kier alpha value is -2.09. The Morgan fingerprint density at radius 2 is 1.28 bits per heavy atom. The number of rotatable bonds is 13. The number of hydrogen-bond acceptors (Lipinski definition) is 2. The van der Waals surface area contributed by atoms with Gasteiger partial charge in [-0.05, 0) is 92.6 Å². The van der Waals surface area contributed by atoms with Crippen molar-refractivity contribution in [3.8, 4) is 0 Å². The highest BCUT2D eigenvalue weighted by Crippen LogP contribution is 2.13. The lowest BCUT2D eigenvalue weighted by Crippen LogP contribution is -1.99. The molecule has 29 heavy (non-hydrogen) atoms. The fraction of sp³-hybridized carbons (Fsp3) is 0.519. The summed E-state index contributed by atoms with van der Waals surface area (Å²) in [6, 6.07) is 0. The third-order valence-electron chi connectivity index (χ3n) is 4.53. The zero-order valence-electron chi connectivity index (χ0n) is 19.8. The van der Waals surface area contributed by atoms with Gasteiger partial charge < -0.3 is 4.74 Å². The van der Waals surface area contributed by atoms with Gasteiger partial charge in [0, 0.05) is 6.08 Å². The number of hydrogen-bond donors (Lipinski definition) is 0. The fourth-order valence-electron chi connectivity index (χ4n) is 2.75. The topological polar surface area (TPSA) is 26.3 Å². The predicted octanol–water partition coefficient (Wildman–Crippen LogP) is 8.20. The van der Waals surface area contributed by atoms with Gasteiger partial charge in [0.15, 0.2) is 0 Å². The molecule has 0 amide bonds. The Labute approximate surface area is 179 Å². The summed E-state index contributed by atoms with van der Waals surface area (Å²) in [5, 5.41) is 0. The first-order valence-electron chi connectivity index (χ1n) is 10.9. The van der Waals surface area contributed by atoms with E-state index in [9.17, 15) is 4.79 Å². The van der Waals surface area contributed by atoms with Crippen molar-refractivity contribution in [3.63, 3.8) is 0 Å². The van der Waals surface area contributed by atoms with Gasteiger partial charge in [-0.15, -0.1) is 0 Å². The van der Waals surface area contributed by atoms with E-state index in [1.54, 1.807) is 0 Å². The van der Waals surface area contributed by atoms with Crippen molar-refractivity contribution in [2.24, 2.45) is 0 Å². The molecule has 0 aliphatic heterocycles. The number of ether oxygens (including phenoxy) is 1. The number of carbonyl (C=O) groups is 1. The zero-order chi connectivity index (χ0) is 22.1. The van der Waals surface area contributed by atoms with Gasteiger partial charge in [-0.1, -0.05) is 58.7 Å². The molecule has 2 nitrogen and oxygen atoms in total. The molecular formula is C27H42O2. The second-order valence-electron chi connectivity index (χ2n) is 8.01. The van der Waals surface area contributed by atoms with Crippen LogP contribution in [0.2, 0.25) is 0 Å². The maximum Gasteiger partial charge on any atom is 0.330 e. The van der Waals surface area contributed by atoms with E-state index in [1.807, 2.05) is 26.0 Å². The van der Waals surface area contributed by atoms with Gasteiger partial charge in [-0.2, -0.15) is 0 Å². The van der Waals surface area contributed by atoms with Crippen molar-refractivity contribution in [2.75, 3.05) is 6.61 Å². The molecule has 0 radical (unpaired) electrons. The van der Waals surface area contributed by atoms with E-state index in [2.05, 4.69) is 58.9 Å². The lowest BCUT2D eigenvalue weighted by Gasteiger charge is -2.02. The molecule has 0 bridgehead atoms. The van der Waals surface area contributed by atoms with Crippen LogP contribution in [0.15, 0.2) is 70.4 Å². The first-order valence-corrected chi connectivity index (χ1v) is 10.9. The van der Waals surface area contributed by atoms with Gasteiger partial charge in [-0.25, -0.2) is 4.79 Å². The van der Waals surface area contributed by atoms with Crippen LogP contribution in [0.1, 0.15) is 87.0 Å². The van der Waals surface area contributed by atoms with Crippen LogP contribution in [0, 0.1) is 0 Å². The van der Waals surface area contributed by atoms with E-state index in [0.717, 1.165) is 37.7 Å². The minimum Gasteiger partial charge on any atom is -0.463 e. The molecule has 0 unspecified atom stereocenters. The van der Waals surface area contributed by atoms with Crippen LogP contribution in [0.3, 0.4) is 0 Å². The molecule has 0 aliphatic carbocycles. The predicted molar refractivity (Wildman–Crippen MR) is 128 cm³/mol. The number of esters is 1. The molecule has 2 heteroatoms. The Kier molecular flexibility index (Phi) is 15.6. The lowest BCUT2D eigenvalue weighted by atomic mass is 10.0. The molecule has 0 rings (SSSR count). The Balaban J connectivity index is 4.25. The number of carbonyl (C=O) groups excluding carboxylic acids is 1. The highest BCUT2D eigenvalue weighted by atomic mass is 16.5. The van der Waals surface area contributed by atoms with Crippen LogP contribution in [-0.4, -0.2) is 12.6 Å². The highest BCUT2D eigenvalue weighted by Gasteiger charge is 1.95. The fourth-order valence-corrected chi connectivity index (χ4v) is 2.75. The third-order valence-corrected chi connectivity index (χ3v) is 4.53. The van der Waals surface area contributed by atoms with Gasteiger partial charge >= 0.3 is 5.97 Å². The zero-order valence-corrected chi connectivity index (χ0v) is 19.8. The third kappa shape index (κ3) is 17.7. The first-order chi connectivity index (χ1) is 13.7. The van der Waals surface area contributed by atoms with Gasteiger partial charge in [0.05, 0.1) is 6.61 Å². The van der Waals surface area contributed by atoms with E-state index in [4.69, 9.17) is 4.74 Å². The maximum absolute atomic E-state index is 11.4.